The third kappa shape index (κ3) is 2.75. The second kappa shape index (κ2) is 6.28. The molecule has 134 valence electrons. The first-order chi connectivity index (χ1) is 11.8. The predicted molar refractivity (Wildman–Crippen MR) is 96.9 cm³/mol. The lowest BCUT2D eigenvalue weighted by Crippen LogP contribution is -2.49. The Morgan fingerprint density at radius 3 is 2.32 bits per heavy atom. The van der Waals surface area contributed by atoms with Gasteiger partial charge in [-0.2, -0.15) is 0 Å². The van der Waals surface area contributed by atoms with Crippen molar-refractivity contribution in [1.82, 2.24) is 5.32 Å². The molecular formula is C20H26N2O3. The fraction of sp³-hybridized carbons (Fsp3) is 0.550. The van der Waals surface area contributed by atoms with Crippen LogP contribution in [0.25, 0.3) is 0 Å². The second-order valence-electron chi connectivity index (χ2n) is 7.38. The molecule has 3 rings (SSSR count). The zero-order valence-corrected chi connectivity index (χ0v) is 15.7. The Balaban J connectivity index is 1.97. The molecule has 5 heteroatoms. The van der Waals surface area contributed by atoms with Gasteiger partial charge in [-0.25, -0.2) is 0 Å². The molecule has 1 aromatic rings. The van der Waals surface area contributed by atoms with Crippen LogP contribution >= 0.6 is 0 Å². The number of carbonyl (C=O) groups excluding carboxylic acids is 2. The van der Waals surface area contributed by atoms with Crippen molar-refractivity contribution in [2.45, 2.75) is 64.8 Å². The number of hydrogen-bond acceptors (Lipinski definition) is 4. The molecule has 1 aromatic carbocycles. The van der Waals surface area contributed by atoms with Crippen molar-refractivity contribution in [2.75, 3.05) is 7.11 Å². The summed E-state index contributed by atoms with van der Waals surface area (Å²) in [5.74, 6) is -0.838. The summed E-state index contributed by atoms with van der Waals surface area (Å²) in [5, 5.41) is 7.04. The zero-order chi connectivity index (χ0) is 18.4. The first-order valence-electron chi connectivity index (χ1n) is 8.83. The number of oxime groups is 1. The van der Waals surface area contributed by atoms with Crippen molar-refractivity contribution < 1.29 is 14.4 Å². The van der Waals surface area contributed by atoms with E-state index in [9.17, 15) is 9.59 Å². The Labute approximate surface area is 148 Å². The van der Waals surface area contributed by atoms with Crippen LogP contribution in [0, 0.1) is 27.7 Å². The summed E-state index contributed by atoms with van der Waals surface area (Å²) < 4.78 is 0. The molecule has 1 atom stereocenters. The van der Waals surface area contributed by atoms with Gasteiger partial charge in [-0.3, -0.25) is 9.59 Å². The van der Waals surface area contributed by atoms with E-state index in [0.717, 1.165) is 28.0 Å². The molecule has 0 bridgehead atoms. The van der Waals surface area contributed by atoms with Crippen LogP contribution in [-0.2, 0) is 14.4 Å². The molecule has 1 aliphatic heterocycles. The third-order valence-electron chi connectivity index (χ3n) is 5.96. The lowest BCUT2D eigenvalue weighted by atomic mass is 9.75. The lowest BCUT2D eigenvalue weighted by Gasteiger charge is -2.32. The van der Waals surface area contributed by atoms with E-state index in [2.05, 4.69) is 30.4 Å². The van der Waals surface area contributed by atoms with E-state index in [0.29, 0.717) is 25.7 Å². The highest BCUT2D eigenvalue weighted by atomic mass is 16.6. The molecule has 1 amide bonds. The Kier molecular flexibility index (Phi) is 4.43. The number of aryl methyl sites for hydroxylation is 2. The zero-order valence-electron chi connectivity index (χ0n) is 15.7. The summed E-state index contributed by atoms with van der Waals surface area (Å²) in [4.78, 5) is 30.9. The number of ketones is 1. The average molecular weight is 342 g/mol. The molecule has 2 fully saturated rings. The highest BCUT2D eigenvalue weighted by molar-refractivity contribution is 6.18. The number of amides is 1. The van der Waals surface area contributed by atoms with Crippen molar-refractivity contribution in [3.8, 4) is 0 Å². The standard InChI is InChI=1S/C20H26N2O3/c1-11-10-12(2)16(14(4)13(11)3)17-18(23)20(21-19(17)24)8-6-15(7-9-20)22-25-5/h10,17H,6-9H2,1-5H3,(H,21,24). The third-order valence-corrected chi connectivity index (χ3v) is 5.96. The first kappa shape index (κ1) is 17.6. The number of nitrogens with one attached hydrogen (secondary N) is 1. The van der Waals surface area contributed by atoms with Gasteiger partial charge in [-0.1, -0.05) is 11.2 Å². The van der Waals surface area contributed by atoms with Crippen LogP contribution in [0.15, 0.2) is 11.2 Å². The maximum absolute atomic E-state index is 13.3. The Hall–Kier alpha value is -2.17. The van der Waals surface area contributed by atoms with Crippen LogP contribution in [0.3, 0.4) is 0 Å². The van der Waals surface area contributed by atoms with E-state index in [4.69, 9.17) is 4.84 Å². The summed E-state index contributed by atoms with van der Waals surface area (Å²) in [6.07, 6.45) is 2.55. The predicted octanol–water partition coefficient (Wildman–Crippen LogP) is 3.02. The molecule has 1 unspecified atom stereocenters. The second-order valence-corrected chi connectivity index (χ2v) is 7.38. The van der Waals surface area contributed by atoms with Gasteiger partial charge in [0.15, 0.2) is 5.78 Å². The van der Waals surface area contributed by atoms with Gasteiger partial charge in [0.2, 0.25) is 5.91 Å². The smallest absolute Gasteiger partial charge is 0.235 e. The molecule has 1 spiro atoms. The van der Waals surface area contributed by atoms with Crippen molar-refractivity contribution in [1.29, 1.82) is 0 Å². The SMILES string of the molecule is CON=C1CCC2(CC1)NC(=O)C(c1c(C)cc(C)c(C)c1C)C2=O. The molecule has 25 heavy (non-hydrogen) atoms. The van der Waals surface area contributed by atoms with E-state index in [1.165, 1.54) is 12.7 Å². The van der Waals surface area contributed by atoms with Crippen LogP contribution in [0.5, 0.6) is 0 Å². The molecule has 1 aliphatic carbocycles. The van der Waals surface area contributed by atoms with Crippen LogP contribution in [-0.4, -0.2) is 30.1 Å². The first-order valence-corrected chi connectivity index (χ1v) is 8.83. The molecule has 1 saturated carbocycles. The van der Waals surface area contributed by atoms with E-state index in [-0.39, 0.29) is 11.7 Å². The molecule has 1 N–H and O–H groups in total. The van der Waals surface area contributed by atoms with E-state index in [1.807, 2.05) is 13.8 Å². The number of benzene rings is 1. The average Bonchev–Trinajstić information content (AvgIpc) is 2.80. The number of Topliss-reactive ketones (excluding diaryl/α,β-unsaturated/α-hetero) is 1. The van der Waals surface area contributed by atoms with E-state index in [1.54, 1.807) is 0 Å². The van der Waals surface area contributed by atoms with Crippen LogP contribution in [0.2, 0.25) is 0 Å². The molecule has 0 radical (unpaired) electrons. The largest absolute Gasteiger partial charge is 0.399 e. The van der Waals surface area contributed by atoms with Gasteiger partial charge >= 0.3 is 0 Å². The Bertz CT molecular complexity index is 770. The normalized spacial score (nSPS) is 26.1. The topological polar surface area (TPSA) is 67.8 Å². The van der Waals surface area contributed by atoms with Gasteiger partial charge in [0.1, 0.15) is 18.6 Å². The maximum atomic E-state index is 13.3. The maximum Gasteiger partial charge on any atom is 0.235 e. The van der Waals surface area contributed by atoms with Crippen molar-refractivity contribution >= 4 is 17.4 Å². The number of carbonyl (C=O) groups is 2. The fourth-order valence-corrected chi connectivity index (χ4v) is 4.33. The Morgan fingerprint density at radius 2 is 1.72 bits per heavy atom. The van der Waals surface area contributed by atoms with Gasteiger partial charge in [0.25, 0.3) is 0 Å². The van der Waals surface area contributed by atoms with E-state index >= 15 is 0 Å². The van der Waals surface area contributed by atoms with Crippen molar-refractivity contribution in [3.05, 3.63) is 33.9 Å². The molecule has 2 aliphatic rings. The van der Waals surface area contributed by atoms with Crippen molar-refractivity contribution in [2.24, 2.45) is 5.16 Å². The van der Waals surface area contributed by atoms with Crippen LogP contribution in [0.4, 0.5) is 0 Å². The summed E-state index contributed by atoms with van der Waals surface area (Å²) >= 11 is 0. The van der Waals surface area contributed by atoms with Crippen LogP contribution < -0.4 is 5.32 Å². The highest BCUT2D eigenvalue weighted by Gasteiger charge is 2.54. The number of nitrogens with zero attached hydrogens (tertiary/aromatic N) is 1. The van der Waals surface area contributed by atoms with Gasteiger partial charge in [-0.15, -0.1) is 0 Å². The van der Waals surface area contributed by atoms with Gasteiger partial charge in [0.05, 0.1) is 5.71 Å². The Morgan fingerprint density at radius 1 is 1.08 bits per heavy atom. The molecule has 1 heterocycles. The molecule has 0 aromatic heterocycles. The minimum absolute atomic E-state index is 0.0171. The summed E-state index contributed by atoms with van der Waals surface area (Å²) in [5.41, 5.74) is 5.52. The van der Waals surface area contributed by atoms with Crippen LogP contribution in [0.1, 0.15) is 59.4 Å². The van der Waals surface area contributed by atoms with Gasteiger partial charge in [0, 0.05) is 0 Å². The monoisotopic (exact) mass is 342 g/mol. The van der Waals surface area contributed by atoms with Crippen molar-refractivity contribution in [3.63, 3.8) is 0 Å². The molecule has 5 nitrogen and oxygen atoms in total. The summed E-state index contributed by atoms with van der Waals surface area (Å²) in [6, 6.07) is 2.08. The van der Waals surface area contributed by atoms with Gasteiger partial charge in [-0.05, 0) is 81.2 Å². The highest BCUT2D eigenvalue weighted by Crippen LogP contribution is 2.41. The summed E-state index contributed by atoms with van der Waals surface area (Å²) in [6.45, 7) is 8.12. The van der Waals surface area contributed by atoms with E-state index < -0.39 is 11.5 Å². The summed E-state index contributed by atoms with van der Waals surface area (Å²) in [7, 11) is 1.53. The minimum atomic E-state index is -0.744. The lowest BCUT2D eigenvalue weighted by molar-refractivity contribution is -0.125. The quantitative estimate of drug-likeness (QED) is 0.663. The number of hydrogen-bond donors (Lipinski definition) is 1. The minimum Gasteiger partial charge on any atom is -0.399 e. The molecule has 1 saturated heterocycles. The van der Waals surface area contributed by atoms with Gasteiger partial charge < -0.3 is 10.2 Å². The number of rotatable bonds is 2. The fourth-order valence-electron chi connectivity index (χ4n) is 4.33. The molecular weight excluding hydrogens is 316 g/mol.